The second-order valence-electron chi connectivity index (χ2n) is 9.30. The van der Waals surface area contributed by atoms with E-state index in [9.17, 15) is 22.8 Å². The minimum atomic E-state index is -4.61. The second-order valence-corrected chi connectivity index (χ2v) is 9.30. The van der Waals surface area contributed by atoms with Gasteiger partial charge in [0.25, 0.3) is 5.91 Å². The van der Waals surface area contributed by atoms with Gasteiger partial charge in [-0.25, -0.2) is 4.98 Å². The Hall–Kier alpha value is -3.96. The minimum absolute atomic E-state index is 0.0267. The van der Waals surface area contributed by atoms with E-state index in [0.717, 1.165) is 31.7 Å². The number of alkyl halides is 3. The Bertz CT molecular complexity index is 1330. The maximum Gasteiger partial charge on any atom is 0.419 e. The lowest BCUT2D eigenvalue weighted by Crippen LogP contribution is -2.31. The zero-order valence-corrected chi connectivity index (χ0v) is 21.6. The van der Waals surface area contributed by atoms with Crippen LogP contribution >= 0.6 is 0 Å². The number of anilines is 3. The van der Waals surface area contributed by atoms with Crippen LogP contribution in [0, 0.1) is 0 Å². The summed E-state index contributed by atoms with van der Waals surface area (Å²) in [5.41, 5.74) is 1.18. The SMILES string of the molecule is CNCc1c(C=O)cccc1Nc1ncccc1C(=O)Nc1ccc(C(F)(F)F)c(OC[C@H]2CCCN2C)c1. The molecule has 0 bridgehead atoms. The molecule has 1 aliphatic heterocycles. The Morgan fingerprint density at radius 1 is 1.21 bits per heavy atom. The van der Waals surface area contributed by atoms with Crippen molar-refractivity contribution in [3.8, 4) is 5.75 Å². The van der Waals surface area contributed by atoms with Gasteiger partial charge >= 0.3 is 6.18 Å². The predicted molar refractivity (Wildman–Crippen MR) is 143 cm³/mol. The van der Waals surface area contributed by atoms with Crippen molar-refractivity contribution >= 4 is 29.4 Å². The molecule has 1 atom stereocenters. The largest absolute Gasteiger partial charge is 0.491 e. The first kappa shape index (κ1) is 28.1. The van der Waals surface area contributed by atoms with E-state index in [2.05, 4.69) is 25.8 Å². The molecule has 206 valence electrons. The first-order valence-electron chi connectivity index (χ1n) is 12.5. The first-order chi connectivity index (χ1) is 18.7. The molecular weight excluding hydrogens is 511 g/mol. The highest BCUT2D eigenvalue weighted by molar-refractivity contribution is 6.08. The van der Waals surface area contributed by atoms with Crippen molar-refractivity contribution in [2.75, 3.05) is 37.9 Å². The number of likely N-dealkylation sites (tertiary alicyclic amines) is 1. The van der Waals surface area contributed by atoms with Crippen molar-refractivity contribution in [3.05, 3.63) is 77.0 Å². The van der Waals surface area contributed by atoms with Gasteiger partial charge in [0.15, 0.2) is 0 Å². The number of rotatable bonds is 10. The molecule has 3 aromatic rings. The molecule has 1 fully saturated rings. The van der Waals surface area contributed by atoms with E-state index in [4.69, 9.17) is 4.74 Å². The summed E-state index contributed by atoms with van der Waals surface area (Å²) >= 11 is 0. The molecule has 2 aromatic carbocycles. The third-order valence-corrected chi connectivity index (χ3v) is 6.65. The van der Waals surface area contributed by atoms with Crippen LogP contribution in [0.2, 0.25) is 0 Å². The van der Waals surface area contributed by atoms with Crippen LogP contribution in [0.4, 0.5) is 30.4 Å². The van der Waals surface area contributed by atoms with Crippen molar-refractivity contribution in [3.63, 3.8) is 0 Å². The van der Waals surface area contributed by atoms with Crippen molar-refractivity contribution in [1.29, 1.82) is 0 Å². The molecule has 39 heavy (non-hydrogen) atoms. The number of benzene rings is 2. The number of aromatic nitrogens is 1. The average Bonchev–Trinajstić information content (AvgIpc) is 3.32. The number of ether oxygens (including phenoxy) is 1. The van der Waals surface area contributed by atoms with Crippen LogP contribution in [0.25, 0.3) is 0 Å². The van der Waals surface area contributed by atoms with E-state index in [-0.39, 0.29) is 35.5 Å². The zero-order valence-electron chi connectivity index (χ0n) is 21.6. The van der Waals surface area contributed by atoms with Crippen LogP contribution in [0.3, 0.4) is 0 Å². The van der Waals surface area contributed by atoms with Crippen LogP contribution in [0.15, 0.2) is 54.7 Å². The van der Waals surface area contributed by atoms with Gasteiger partial charge in [0.1, 0.15) is 24.5 Å². The quantitative estimate of drug-likeness (QED) is 0.308. The summed E-state index contributed by atoms with van der Waals surface area (Å²) in [7, 11) is 3.66. The summed E-state index contributed by atoms with van der Waals surface area (Å²) in [5, 5.41) is 8.78. The molecule has 0 aliphatic carbocycles. The highest BCUT2D eigenvalue weighted by Crippen LogP contribution is 2.38. The van der Waals surface area contributed by atoms with Gasteiger partial charge in [0, 0.05) is 41.8 Å². The van der Waals surface area contributed by atoms with Gasteiger partial charge in [-0.15, -0.1) is 0 Å². The topological polar surface area (TPSA) is 95.6 Å². The third kappa shape index (κ3) is 6.73. The molecule has 11 heteroatoms. The van der Waals surface area contributed by atoms with Crippen LogP contribution in [-0.2, 0) is 12.7 Å². The van der Waals surface area contributed by atoms with Gasteiger partial charge in [-0.05, 0) is 69.4 Å². The van der Waals surface area contributed by atoms with Gasteiger partial charge in [-0.3, -0.25) is 9.59 Å². The Morgan fingerprint density at radius 2 is 2.03 bits per heavy atom. The Kier molecular flexibility index (Phi) is 8.82. The molecule has 0 saturated carbocycles. The van der Waals surface area contributed by atoms with Gasteiger partial charge in [-0.2, -0.15) is 13.2 Å². The number of aldehydes is 1. The summed E-state index contributed by atoms with van der Waals surface area (Å²) < 4.78 is 46.6. The number of likely N-dealkylation sites (N-methyl/N-ethyl adjacent to an activating group) is 1. The Balaban J connectivity index is 1.57. The number of nitrogens with zero attached hydrogens (tertiary/aromatic N) is 2. The summed E-state index contributed by atoms with van der Waals surface area (Å²) in [6.45, 7) is 1.38. The first-order valence-corrected chi connectivity index (χ1v) is 12.5. The Morgan fingerprint density at radius 3 is 2.72 bits per heavy atom. The van der Waals surface area contributed by atoms with E-state index in [0.29, 0.717) is 23.4 Å². The molecule has 0 unspecified atom stereocenters. The molecule has 1 saturated heterocycles. The third-order valence-electron chi connectivity index (χ3n) is 6.65. The summed E-state index contributed by atoms with van der Waals surface area (Å²) in [6.07, 6.45) is -0.550. The Labute approximate surface area is 224 Å². The lowest BCUT2D eigenvalue weighted by Gasteiger charge is -2.22. The maximum absolute atomic E-state index is 13.7. The van der Waals surface area contributed by atoms with Crippen LogP contribution < -0.4 is 20.7 Å². The minimum Gasteiger partial charge on any atom is -0.491 e. The molecule has 1 aromatic heterocycles. The van der Waals surface area contributed by atoms with E-state index < -0.39 is 17.6 Å². The summed E-state index contributed by atoms with van der Waals surface area (Å²) in [4.78, 5) is 31.1. The van der Waals surface area contributed by atoms with Gasteiger partial charge in [0.05, 0.1) is 11.1 Å². The fourth-order valence-corrected chi connectivity index (χ4v) is 4.55. The molecule has 0 spiro atoms. The number of pyridine rings is 1. The number of nitrogens with one attached hydrogen (secondary N) is 3. The monoisotopic (exact) mass is 541 g/mol. The number of carbonyl (C=O) groups is 2. The number of hydrogen-bond donors (Lipinski definition) is 3. The molecule has 0 radical (unpaired) electrons. The standard InChI is InChI=1S/C28H30F3N5O3/c1-32-15-22-18(16-37)6-3-9-24(22)35-26-21(8-4-12-33-26)27(38)34-19-10-11-23(28(29,30)31)25(14-19)39-17-20-7-5-13-36(20)2/h3-4,6,8-12,14,16,20,32H,5,7,13,15,17H2,1-2H3,(H,33,35)(H,34,38)/t20-/m1/s1. The zero-order chi connectivity index (χ0) is 28.0. The van der Waals surface area contributed by atoms with Gasteiger partial charge in [0.2, 0.25) is 0 Å². The smallest absolute Gasteiger partial charge is 0.419 e. The predicted octanol–water partition coefficient (Wildman–Crippen LogP) is 5.10. The number of amides is 1. The van der Waals surface area contributed by atoms with E-state index in [1.807, 2.05) is 7.05 Å². The van der Waals surface area contributed by atoms with Crippen LogP contribution in [0.5, 0.6) is 5.75 Å². The van der Waals surface area contributed by atoms with Crippen molar-refractivity contribution in [1.82, 2.24) is 15.2 Å². The average molecular weight is 542 g/mol. The number of halogens is 3. The summed E-state index contributed by atoms with van der Waals surface area (Å²) in [6, 6.07) is 11.6. The normalized spacial score (nSPS) is 15.7. The maximum atomic E-state index is 13.7. The number of hydrogen-bond acceptors (Lipinski definition) is 7. The molecular formula is C28H30F3N5O3. The van der Waals surface area contributed by atoms with Crippen molar-refractivity contribution in [2.45, 2.75) is 31.6 Å². The van der Waals surface area contributed by atoms with Crippen molar-refractivity contribution in [2.24, 2.45) is 0 Å². The van der Waals surface area contributed by atoms with E-state index in [1.165, 1.54) is 18.3 Å². The highest BCUT2D eigenvalue weighted by atomic mass is 19.4. The molecule has 2 heterocycles. The molecule has 1 aliphatic rings. The second kappa shape index (κ2) is 12.3. The van der Waals surface area contributed by atoms with Crippen molar-refractivity contribution < 1.29 is 27.5 Å². The number of carbonyl (C=O) groups excluding carboxylic acids is 2. The van der Waals surface area contributed by atoms with E-state index in [1.54, 1.807) is 37.4 Å². The fraction of sp³-hybridized carbons (Fsp3) is 0.321. The van der Waals surface area contributed by atoms with E-state index >= 15 is 0 Å². The highest BCUT2D eigenvalue weighted by Gasteiger charge is 2.35. The van der Waals surface area contributed by atoms with Crippen LogP contribution in [-0.4, -0.2) is 55.4 Å². The molecule has 4 rings (SSSR count). The summed E-state index contributed by atoms with van der Waals surface area (Å²) in [5.74, 6) is -0.691. The lowest BCUT2D eigenvalue weighted by atomic mass is 10.1. The fourth-order valence-electron chi connectivity index (χ4n) is 4.55. The lowest BCUT2D eigenvalue weighted by molar-refractivity contribution is -0.139. The molecule has 1 amide bonds. The molecule has 8 nitrogen and oxygen atoms in total. The van der Waals surface area contributed by atoms with Crippen LogP contribution in [0.1, 0.15) is 44.7 Å². The van der Waals surface area contributed by atoms with Gasteiger partial charge in [-0.1, -0.05) is 12.1 Å². The van der Waals surface area contributed by atoms with Gasteiger partial charge < -0.3 is 25.6 Å². The molecule has 3 N–H and O–H groups in total.